The molecule has 7 heteroatoms. The van der Waals surface area contributed by atoms with Crippen molar-refractivity contribution in [3.05, 3.63) is 82.6 Å². The van der Waals surface area contributed by atoms with Crippen LogP contribution in [0.1, 0.15) is 15.2 Å². The summed E-state index contributed by atoms with van der Waals surface area (Å²) in [6, 6.07) is 18.9. The number of ketones is 1. The Morgan fingerprint density at radius 1 is 0.806 bits per heavy atom. The largest absolute Gasteiger partial charge is 0.508 e. The lowest BCUT2D eigenvalue weighted by molar-refractivity contribution is 0.104. The molecule has 3 aromatic carbocycles. The summed E-state index contributed by atoms with van der Waals surface area (Å²) in [4.78, 5) is 18.0. The molecule has 0 aliphatic heterocycles. The molecule has 0 unspecified atom stereocenters. The molecule has 0 radical (unpaired) electrons. The van der Waals surface area contributed by atoms with Crippen molar-refractivity contribution in [2.45, 2.75) is 0 Å². The third-order valence-corrected chi connectivity index (χ3v) is 6.95. The molecule has 0 aliphatic carbocycles. The van der Waals surface area contributed by atoms with Crippen molar-refractivity contribution in [3.8, 4) is 39.1 Å². The number of phenols is 2. The van der Waals surface area contributed by atoms with Gasteiger partial charge in [-0.3, -0.25) is 4.79 Å². The Kier molecular flexibility index (Phi) is 4.69. The summed E-state index contributed by atoms with van der Waals surface area (Å²) in [6.45, 7) is 0. The second-order valence-electron chi connectivity index (χ2n) is 6.95. The Labute approximate surface area is 185 Å². The van der Waals surface area contributed by atoms with E-state index in [1.807, 2.05) is 30.3 Å². The molecular formula is C24H15NO4S2. The van der Waals surface area contributed by atoms with Gasteiger partial charge in [0.05, 0.1) is 10.3 Å². The first-order valence-corrected chi connectivity index (χ1v) is 11.0. The number of fused-ring (bicyclic) bond motifs is 1. The Morgan fingerprint density at radius 2 is 1.48 bits per heavy atom. The van der Waals surface area contributed by atoms with Gasteiger partial charge in [0.1, 0.15) is 16.5 Å². The molecule has 2 aromatic heterocycles. The maximum Gasteiger partial charge on any atom is 0.222 e. The van der Waals surface area contributed by atoms with Crippen molar-refractivity contribution in [1.29, 1.82) is 0 Å². The first-order chi connectivity index (χ1) is 15.0. The third-order valence-electron chi connectivity index (χ3n) is 4.92. The van der Waals surface area contributed by atoms with E-state index < -0.39 is 0 Å². The number of thiazole rings is 1. The van der Waals surface area contributed by atoms with Gasteiger partial charge in [-0.2, -0.15) is 0 Å². The number of phenolic OH excluding ortho intramolecular Hbond substituents is 2. The van der Waals surface area contributed by atoms with E-state index in [0.29, 0.717) is 15.4 Å². The van der Waals surface area contributed by atoms with Gasteiger partial charge in [-0.05, 0) is 48.0 Å². The number of hydrogen-bond donors (Lipinski definition) is 3. The average molecular weight is 446 g/mol. The van der Waals surface area contributed by atoms with Crippen LogP contribution >= 0.6 is 22.7 Å². The van der Waals surface area contributed by atoms with Crippen LogP contribution in [-0.2, 0) is 0 Å². The summed E-state index contributed by atoms with van der Waals surface area (Å²) in [5.74, 6) is 0.0869. The molecule has 0 fully saturated rings. The van der Waals surface area contributed by atoms with Crippen molar-refractivity contribution in [2.24, 2.45) is 0 Å². The molecule has 3 N–H and O–H groups in total. The predicted octanol–water partition coefficient (Wildman–Crippen LogP) is 6.04. The Bertz CT molecular complexity index is 1420. The number of hydrogen-bond acceptors (Lipinski definition) is 7. The minimum atomic E-state index is -0.149. The van der Waals surface area contributed by atoms with Crippen LogP contribution in [0.15, 0.2) is 72.1 Å². The summed E-state index contributed by atoms with van der Waals surface area (Å²) in [5.41, 5.74) is 3.01. The second-order valence-corrected chi connectivity index (χ2v) is 8.86. The number of carbonyl (C=O) groups is 1. The monoisotopic (exact) mass is 445 g/mol. The SMILES string of the molecule is O=C(c1ccc(O)cc1)c1sc2cc(O)ccc2c1-c1ccc(-c2nc(O)cs2)cc1. The molecule has 2 heterocycles. The number of aromatic nitrogens is 1. The topological polar surface area (TPSA) is 90.7 Å². The van der Waals surface area contributed by atoms with Crippen LogP contribution in [0.5, 0.6) is 17.4 Å². The molecule has 5 nitrogen and oxygen atoms in total. The number of aromatic hydroxyl groups is 3. The molecule has 0 saturated carbocycles. The zero-order chi connectivity index (χ0) is 21.5. The molecule has 0 atom stereocenters. The molecule has 0 aliphatic rings. The van der Waals surface area contributed by atoms with E-state index in [-0.39, 0.29) is 23.2 Å². The van der Waals surface area contributed by atoms with Crippen LogP contribution in [0.3, 0.4) is 0 Å². The minimum Gasteiger partial charge on any atom is -0.508 e. The van der Waals surface area contributed by atoms with Crippen LogP contribution in [0.2, 0.25) is 0 Å². The fourth-order valence-corrected chi connectivity index (χ4v) is 5.36. The van der Waals surface area contributed by atoms with E-state index in [9.17, 15) is 20.1 Å². The molecular weight excluding hydrogens is 430 g/mol. The van der Waals surface area contributed by atoms with Crippen LogP contribution in [0.25, 0.3) is 31.8 Å². The van der Waals surface area contributed by atoms with Gasteiger partial charge in [-0.15, -0.1) is 22.7 Å². The zero-order valence-electron chi connectivity index (χ0n) is 15.9. The van der Waals surface area contributed by atoms with Crippen molar-refractivity contribution < 1.29 is 20.1 Å². The quantitative estimate of drug-likeness (QED) is 0.293. The van der Waals surface area contributed by atoms with Gasteiger partial charge in [0, 0.05) is 26.8 Å². The first kappa shape index (κ1) is 19.3. The highest BCUT2D eigenvalue weighted by Gasteiger charge is 2.21. The highest BCUT2D eigenvalue weighted by atomic mass is 32.1. The minimum absolute atomic E-state index is 0.00510. The summed E-state index contributed by atoms with van der Waals surface area (Å²) in [7, 11) is 0. The number of thiophene rings is 1. The second kappa shape index (κ2) is 7.54. The number of nitrogens with zero attached hydrogens (tertiary/aromatic N) is 1. The van der Waals surface area contributed by atoms with E-state index >= 15 is 0 Å². The van der Waals surface area contributed by atoms with Gasteiger partial charge in [-0.25, -0.2) is 4.98 Å². The lowest BCUT2D eigenvalue weighted by atomic mass is 9.97. The van der Waals surface area contributed by atoms with E-state index in [1.54, 1.807) is 29.6 Å². The van der Waals surface area contributed by atoms with E-state index in [0.717, 1.165) is 26.8 Å². The van der Waals surface area contributed by atoms with Crippen molar-refractivity contribution in [2.75, 3.05) is 0 Å². The van der Waals surface area contributed by atoms with Crippen LogP contribution in [0.4, 0.5) is 0 Å². The van der Waals surface area contributed by atoms with Crippen LogP contribution < -0.4 is 0 Å². The Balaban J connectivity index is 1.65. The van der Waals surface area contributed by atoms with Crippen molar-refractivity contribution in [3.63, 3.8) is 0 Å². The standard InChI is InChI=1S/C24H15NO4S2/c26-16-7-5-14(6-8-16)22(29)23-21(18-10-9-17(27)11-19(18)31-23)13-1-3-15(4-2-13)24-25-20(28)12-30-24/h1-12,26-28H. The van der Waals surface area contributed by atoms with Gasteiger partial charge in [0.25, 0.3) is 0 Å². The fourth-order valence-electron chi connectivity index (χ4n) is 3.45. The van der Waals surface area contributed by atoms with Crippen LogP contribution in [0, 0.1) is 0 Å². The average Bonchev–Trinajstić information content (AvgIpc) is 3.37. The maximum atomic E-state index is 13.3. The Morgan fingerprint density at radius 3 is 2.16 bits per heavy atom. The zero-order valence-corrected chi connectivity index (χ0v) is 17.6. The lowest BCUT2D eigenvalue weighted by Crippen LogP contribution is -2.00. The van der Waals surface area contributed by atoms with Crippen molar-refractivity contribution in [1.82, 2.24) is 4.98 Å². The molecule has 0 bridgehead atoms. The lowest BCUT2D eigenvalue weighted by Gasteiger charge is -2.07. The third kappa shape index (κ3) is 3.54. The molecule has 0 amide bonds. The smallest absolute Gasteiger partial charge is 0.222 e. The first-order valence-electron chi connectivity index (χ1n) is 9.34. The van der Waals surface area contributed by atoms with E-state index in [1.165, 1.54) is 34.8 Å². The molecule has 0 saturated heterocycles. The van der Waals surface area contributed by atoms with Gasteiger partial charge in [0.2, 0.25) is 11.7 Å². The fraction of sp³-hybridized carbons (Fsp3) is 0. The summed E-state index contributed by atoms with van der Waals surface area (Å²) in [6.07, 6.45) is 0. The molecule has 152 valence electrons. The summed E-state index contributed by atoms with van der Waals surface area (Å²) < 4.78 is 0.811. The van der Waals surface area contributed by atoms with Crippen LogP contribution in [-0.4, -0.2) is 26.1 Å². The predicted molar refractivity (Wildman–Crippen MR) is 123 cm³/mol. The normalized spacial score (nSPS) is 11.1. The summed E-state index contributed by atoms with van der Waals surface area (Å²) in [5, 5.41) is 32.2. The molecule has 5 rings (SSSR count). The molecule has 5 aromatic rings. The maximum absolute atomic E-state index is 13.3. The number of rotatable bonds is 4. The van der Waals surface area contributed by atoms with E-state index in [4.69, 9.17) is 0 Å². The molecule has 0 spiro atoms. The highest BCUT2D eigenvalue weighted by Crippen LogP contribution is 2.42. The Hall–Kier alpha value is -3.68. The van der Waals surface area contributed by atoms with Gasteiger partial charge in [0.15, 0.2) is 0 Å². The number of benzene rings is 3. The number of carbonyl (C=O) groups excluding carboxylic acids is 1. The van der Waals surface area contributed by atoms with Crippen molar-refractivity contribution >= 4 is 38.5 Å². The highest BCUT2D eigenvalue weighted by molar-refractivity contribution is 7.21. The van der Waals surface area contributed by atoms with Gasteiger partial charge in [-0.1, -0.05) is 24.3 Å². The molecule has 31 heavy (non-hydrogen) atoms. The van der Waals surface area contributed by atoms with Gasteiger partial charge < -0.3 is 15.3 Å². The van der Waals surface area contributed by atoms with E-state index in [2.05, 4.69) is 4.98 Å². The van der Waals surface area contributed by atoms with Gasteiger partial charge >= 0.3 is 0 Å². The summed E-state index contributed by atoms with van der Waals surface area (Å²) >= 11 is 2.68.